The summed E-state index contributed by atoms with van der Waals surface area (Å²) in [6.45, 7) is 6.10. The highest BCUT2D eigenvalue weighted by molar-refractivity contribution is 9.09. The molecule has 7 heteroatoms. The first kappa shape index (κ1) is 17.0. The van der Waals surface area contributed by atoms with Crippen molar-refractivity contribution < 1.29 is 14.3 Å². The third kappa shape index (κ3) is 3.17. The highest BCUT2D eigenvalue weighted by Crippen LogP contribution is 2.32. The van der Waals surface area contributed by atoms with Crippen LogP contribution >= 0.6 is 15.9 Å². The molecule has 0 aliphatic carbocycles. The zero-order valence-electron chi connectivity index (χ0n) is 14.0. The smallest absolute Gasteiger partial charge is 0.435 e. The predicted octanol–water partition coefficient (Wildman–Crippen LogP) is 3.57. The molecule has 1 aliphatic heterocycles. The highest BCUT2D eigenvalue weighted by Gasteiger charge is 2.31. The van der Waals surface area contributed by atoms with Gasteiger partial charge in [0.15, 0.2) is 0 Å². The molecule has 6 nitrogen and oxygen atoms in total. The van der Waals surface area contributed by atoms with Crippen molar-refractivity contribution in [2.24, 2.45) is 5.92 Å². The van der Waals surface area contributed by atoms with Crippen LogP contribution in [0.25, 0.3) is 10.9 Å². The molecule has 1 unspecified atom stereocenters. The van der Waals surface area contributed by atoms with Gasteiger partial charge in [-0.1, -0.05) is 22.0 Å². The number of alkyl halides is 1. The lowest BCUT2D eigenvalue weighted by molar-refractivity contribution is -0.117. The standard InChI is InChI=1S/C17H20BrN3O3/c1-17(2,3)24-16(23)21-14-6-4-5-13(12(14)9-19-21)20-10-11(8-18)7-15(20)22/h4-6,9,11H,7-8,10H2,1-3H3. The van der Waals surface area contributed by atoms with E-state index in [1.807, 2.05) is 32.9 Å². The molecule has 0 N–H and O–H groups in total. The van der Waals surface area contributed by atoms with Crippen LogP contribution in [-0.4, -0.2) is 39.3 Å². The van der Waals surface area contributed by atoms with E-state index >= 15 is 0 Å². The Morgan fingerprint density at radius 1 is 1.42 bits per heavy atom. The van der Waals surface area contributed by atoms with Crippen LogP contribution in [0, 0.1) is 5.92 Å². The van der Waals surface area contributed by atoms with Crippen LogP contribution in [0.3, 0.4) is 0 Å². The average Bonchev–Trinajstić information content (AvgIpc) is 3.08. The van der Waals surface area contributed by atoms with Gasteiger partial charge in [-0.3, -0.25) is 4.79 Å². The molecule has 2 aromatic rings. The van der Waals surface area contributed by atoms with Crippen molar-refractivity contribution in [1.29, 1.82) is 0 Å². The molecule has 0 bridgehead atoms. The summed E-state index contributed by atoms with van der Waals surface area (Å²) in [7, 11) is 0. The fourth-order valence-electron chi connectivity index (χ4n) is 2.84. The number of hydrogen-bond donors (Lipinski definition) is 0. The first-order valence-electron chi connectivity index (χ1n) is 7.86. The second-order valence-corrected chi connectivity index (χ2v) is 7.62. The van der Waals surface area contributed by atoms with Crippen LogP contribution < -0.4 is 4.90 Å². The minimum atomic E-state index is -0.596. The number of carbonyl (C=O) groups is 2. The van der Waals surface area contributed by atoms with E-state index in [1.54, 1.807) is 17.2 Å². The second-order valence-electron chi connectivity index (χ2n) is 6.98. The van der Waals surface area contributed by atoms with Crippen molar-refractivity contribution >= 4 is 44.5 Å². The number of rotatable bonds is 2. The minimum absolute atomic E-state index is 0.0944. The van der Waals surface area contributed by atoms with E-state index < -0.39 is 11.7 Å². The van der Waals surface area contributed by atoms with Gasteiger partial charge in [0.1, 0.15) is 5.60 Å². The quantitative estimate of drug-likeness (QED) is 0.731. The first-order chi connectivity index (χ1) is 11.3. The van der Waals surface area contributed by atoms with E-state index in [0.29, 0.717) is 24.4 Å². The molecule has 3 rings (SSSR count). The van der Waals surface area contributed by atoms with Crippen LogP contribution in [0.5, 0.6) is 0 Å². The number of benzene rings is 1. The largest absolute Gasteiger partial charge is 0.442 e. The summed E-state index contributed by atoms with van der Waals surface area (Å²) in [4.78, 5) is 26.4. The van der Waals surface area contributed by atoms with Gasteiger partial charge in [-0.25, -0.2) is 4.79 Å². The van der Waals surface area contributed by atoms with E-state index in [9.17, 15) is 9.59 Å². The molecule has 1 atom stereocenters. The van der Waals surface area contributed by atoms with Gasteiger partial charge < -0.3 is 9.64 Å². The number of ether oxygens (including phenoxy) is 1. The predicted molar refractivity (Wildman–Crippen MR) is 95.6 cm³/mol. The molecule has 0 saturated carbocycles. The molecule has 1 aliphatic rings. The van der Waals surface area contributed by atoms with Crippen molar-refractivity contribution in [2.45, 2.75) is 32.8 Å². The van der Waals surface area contributed by atoms with E-state index in [2.05, 4.69) is 21.0 Å². The van der Waals surface area contributed by atoms with Gasteiger partial charge >= 0.3 is 6.09 Å². The number of anilines is 1. The van der Waals surface area contributed by atoms with E-state index in [-0.39, 0.29) is 5.91 Å². The average molecular weight is 394 g/mol. The van der Waals surface area contributed by atoms with Gasteiger partial charge in [0.05, 0.1) is 17.4 Å². The summed E-state index contributed by atoms with van der Waals surface area (Å²) >= 11 is 3.45. The van der Waals surface area contributed by atoms with Gasteiger partial charge in [-0.15, -0.1) is 0 Å². The third-order valence-corrected chi connectivity index (χ3v) is 4.79. The maximum atomic E-state index is 12.3. The first-order valence-corrected chi connectivity index (χ1v) is 8.99. The van der Waals surface area contributed by atoms with Gasteiger partial charge in [0.25, 0.3) is 0 Å². The van der Waals surface area contributed by atoms with Crippen molar-refractivity contribution in [1.82, 2.24) is 9.78 Å². The third-order valence-electron chi connectivity index (χ3n) is 3.87. The normalized spacial score (nSPS) is 18.4. The minimum Gasteiger partial charge on any atom is -0.442 e. The Morgan fingerprint density at radius 2 is 2.17 bits per heavy atom. The molecule has 1 aromatic carbocycles. The van der Waals surface area contributed by atoms with Gasteiger partial charge in [0.2, 0.25) is 5.91 Å². The molecule has 1 amide bonds. The van der Waals surface area contributed by atoms with Gasteiger partial charge in [-0.2, -0.15) is 9.78 Å². The molecule has 1 fully saturated rings. The summed E-state index contributed by atoms with van der Waals surface area (Å²) in [5, 5.41) is 5.73. The lowest BCUT2D eigenvalue weighted by Gasteiger charge is -2.19. The van der Waals surface area contributed by atoms with Crippen LogP contribution in [0.15, 0.2) is 24.4 Å². The fraction of sp³-hybridized carbons (Fsp3) is 0.471. The Kier molecular flexibility index (Phi) is 4.38. The van der Waals surface area contributed by atoms with Crippen molar-refractivity contribution in [3.8, 4) is 0 Å². The topological polar surface area (TPSA) is 64.4 Å². The Morgan fingerprint density at radius 3 is 2.79 bits per heavy atom. The zero-order chi connectivity index (χ0) is 17.5. The van der Waals surface area contributed by atoms with Crippen molar-refractivity contribution in [2.75, 3.05) is 16.8 Å². The molecule has 1 saturated heterocycles. The molecule has 128 valence electrons. The fourth-order valence-corrected chi connectivity index (χ4v) is 3.27. The number of aromatic nitrogens is 2. The maximum absolute atomic E-state index is 12.3. The Labute approximate surface area is 148 Å². The SMILES string of the molecule is CC(C)(C)OC(=O)n1ncc2c(N3CC(CBr)CC3=O)cccc21. The molecular weight excluding hydrogens is 374 g/mol. The second kappa shape index (κ2) is 6.20. The maximum Gasteiger partial charge on any atom is 0.435 e. The lowest BCUT2D eigenvalue weighted by Crippen LogP contribution is -2.27. The number of amides is 1. The Hall–Kier alpha value is -1.89. The summed E-state index contributed by atoms with van der Waals surface area (Å²) < 4.78 is 6.63. The van der Waals surface area contributed by atoms with Crippen LogP contribution in [-0.2, 0) is 9.53 Å². The van der Waals surface area contributed by atoms with E-state index in [4.69, 9.17) is 4.74 Å². The lowest BCUT2D eigenvalue weighted by atomic mass is 10.1. The molecule has 1 aromatic heterocycles. The number of nitrogens with zero attached hydrogens (tertiary/aromatic N) is 3. The van der Waals surface area contributed by atoms with E-state index in [1.165, 1.54) is 4.68 Å². The number of carbonyl (C=O) groups excluding carboxylic acids is 2. The monoisotopic (exact) mass is 393 g/mol. The molecule has 0 spiro atoms. The molecular formula is C17H20BrN3O3. The zero-order valence-corrected chi connectivity index (χ0v) is 15.5. The number of hydrogen-bond acceptors (Lipinski definition) is 4. The van der Waals surface area contributed by atoms with Crippen LogP contribution in [0.1, 0.15) is 27.2 Å². The molecule has 2 heterocycles. The summed E-state index contributed by atoms with van der Waals surface area (Å²) in [5.41, 5.74) is 0.827. The summed E-state index contributed by atoms with van der Waals surface area (Å²) in [5.74, 6) is 0.394. The van der Waals surface area contributed by atoms with Crippen molar-refractivity contribution in [3.05, 3.63) is 24.4 Å². The summed E-state index contributed by atoms with van der Waals surface area (Å²) in [6, 6.07) is 5.52. The Bertz CT molecular complexity index is 794. The Balaban J connectivity index is 1.98. The molecule has 0 radical (unpaired) electrons. The number of fused-ring (bicyclic) bond motifs is 1. The van der Waals surface area contributed by atoms with E-state index in [0.717, 1.165) is 16.4 Å². The van der Waals surface area contributed by atoms with Crippen LogP contribution in [0.4, 0.5) is 10.5 Å². The van der Waals surface area contributed by atoms with Gasteiger partial charge in [0, 0.05) is 23.7 Å². The molecule has 24 heavy (non-hydrogen) atoms. The van der Waals surface area contributed by atoms with Gasteiger partial charge in [-0.05, 0) is 38.8 Å². The highest BCUT2D eigenvalue weighted by atomic mass is 79.9. The number of halogens is 1. The van der Waals surface area contributed by atoms with Crippen molar-refractivity contribution in [3.63, 3.8) is 0 Å². The summed E-state index contributed by atoms with van der Waals surface area (Å²) in [6.07, 6.45) is 1.62. The van der Waals surface area contributed by atoms with Crippen LogP contribution in [0.2, 0.25) is 0 Å².